The summed E-state index contributed by atoms with van der Waals surface area (Å²) >= 11 is 0. The van der Waals surface area contributed by atoms with Gasteiger partial charge < -0.3 is 19.3 Å². The van der Waals surface area contributed by atoms with E-state index in [1.807, 2.05) is 40.1 Å². The topological polar surface area (TPSA) is 62.3 Å². The number of rotatable bonds is 11. The van der Waals surface area contributed by atoms with Crippen molar-refractivity contribution in [2.24, 2.45) is 0 Å². The highest BCUT2D eigenvalue weighted by Crippen LogP contribution is 2.29. The molecule has 2 aromatic carbocycles. The van der Waals surface area contributed by atoms with Crippen LogP contribution in [0.4, 0.5) is 0 Å². The molecule has 1 heterocycles. The maximum absolute atomic E-state index is 12.9. The molecule has 0 N–H and O–H groups in total. The number of carbonyl (C=O) groups excluding carboxylic acids is 2. The molecule has 0 aromatic heterocycles. The van der Waals surface area contributed by atoms with Crippen molar-refractivity contribution in [3.05, 3.63) is 66.2 Å². The zero-order valence-electron chi connectivity index (χ0n) is 20.5. The standard InChI is InChI=1S/C28H35N3O4/c1-34-25-11-5-6-12-26(25)35-22-28(33)31(24-13-14-24)17-15-27(32)30-20-18-29(19-21-30)16-7-10-23-8-3-2-4-9-23/h2-12,24H,13-22H2,1H3/b10-7+. The van der Waals surface area contributed by atoms with Crippen molar-refractivity contribution < 1.29 is 19.1 Å². The molecule has 0 radical (unpaired) electrons. The third-order valence-corrected chi connectivity index (χ3v) is 6.49. The zero-order valence-corrected chi connectivity index (χ0v) is 20.5. The third kappa shape index (κ3) is 7.33. The van der Waals surface area contributed by atoms with Gasteiger partial charge >= 0.3 is 0 Å². The Balaban J connectivity index is 1.19. The van der Waals surface area contributed by atoms with Crippen molar-refractivity contribution in [3.8, 4) is 11.5 Å². The average molecular weight is 478 g/mol. The highest BCUT2D eigenvalue weighted by Gasteiger charge is 2.33. The summed E-state index contributed by atoms with van der Waals surface area (Å²) in [7, 11) is 1.58. The second-order valence-electron chi connectivity index (χ2n) is 9.00. The first-order valence-corrected chi connectivity index (χ1v) is 12.4. The molecule has 4 rings (SSSR count). The van der Waals surface area contributed by atoms with Crippen molar-refractivity contribution in [2.75, 3.05) is 53.0 Å². The number of ether oxygens (including phenoxy) is 2. The van der Waals surface area contributed by atoms with Gasteiger partial charge in [-0.25, -0.2) is 0 Å². The fourth-order valence-electron chi connectivity index (χ4n) is 4.31. The minimum absolute atomic E-state index is 0.0553. The highest BCUT2D eigenvalue weighted by molar-refractivity contribution is 5.80. The number of carbonyl (C=O) groups is 2. The third-order valence-electron chi connectivity index (χ3n) is 6.49. The molecule has 0 unspecified atom stereocenters. The number of amides is 2. The lowest BCUT2D eigenvalue weighted by Gasteiger charge is -2.34. The molecule has 35 heavy (non-hydrogen) atoms. The van der Waals surface area contributed by atoms with Crippen LogP contribution < -0.4 is 9.47 Å². The summed E-state index contributed by atoms with van der Waals surface area (Å²) in [6.45, 7) is 4.45. The minimum Gasteiger partial charge on any atom is -0.493 e. The van der Waals surface area contributed by atoms with Crippen molar-refractivity contribution in [1.82, 2.24) is 14.7 Å². The molecule has 7 nitrogen and oxygen atoms in total. The molecule has 186 valence electrons. The van der Waals surface area contributed by atoms with Crippen LogP contribution in [0, 0.1) is 0 Å². The molecule has 1 aliphatic carbocycles. The van der Waals surface area contributed by atoms with E-state index in [-0.39, 0.29) is 24.5 Å². The van der Waals surface area contributed by atoms with Crippen LogP contribution in [-0.4, -0.2) is 85.5 Å². The Morgan fingerprint density at radius 1 is 0.971 bits per heavy atom. The number of benzene rings is 2. The quantitative estimate of drug-likeness (QED) is 0.497. The van der Waals surface area contributed by atoms with Gasteiger partial charge in [0.2, 0.25) is 5.91 Å². The van der Waals surface area contributed by atoms with Crippen molar-refractivity contribution in [3.63, 3.8) is 0 Å². The molecule has 2 fully saturated rings. The summed E-state index contributed by atoms with van der Waals surface area (Å²) in [6, 6.07) is 17.8. The molecule has 7 heteroatoms. The molecule has 0 atom stereocenters. The van der Waals surface area contributed by atoms with Gasteiger partial charge in [0.1, 0.15) is 0 Å². The summed E-state index contributed by atoms with van der Waals surface area (Å²) in [5.41, 5.74) is 1.20. The van der Waals surface area contributed by atoms with E-state index < -0.39 is 0 Å². The first-order valence-electron chi connectivity index (χ1n) is 12.4. The van der Waals surface area contributed by atoms with Gasteiger partial charge in [0, 0.05) is 51.7 Å². The van der Waals surface area contributed by atoms with Gasteiger partial charge in [-0.2, -0.15) is 0 Å². The molecule has 1 saturated heterocycles. The Morgan fingerprint density at radius 2 is 1.66 bits per heavy atom. The Hall–Kier alpha value is -3.32. The van der Waals surface area contributed by atoms with E-state index in [4.69, 9.17) is 9.47 Å². The summed E-state index contributed by atoms with van der Waals surface area (Å²) in [6.07, 6.45) is 6.65. The Bertz CT molecular complexity index is 998. The number of nitrogens with zero attached hydrogens (tertiary/aromatic N) is 3. The van der Waals surface area contributed by atoms with Gasteiger partial charge in [-0.1, -0.05) is 54.6 Å². The van der Waals surface area contributed by atoms with Crippen molar-refractivity contribution in [1.29, 1.82) is 0 Å². The maximum Gasteiger partial charge on any atom is 0.260 e. The van der Waals surface area contributed by atoms with Gasteiger partial charge in [0.25, 0.3) is 5.91 Å². The number of methoxy groups -OCH3 is 1. The Labute approximate surface area is 207 Å². The van der Waals surface area contributed by atoms with Crippen LogP contribution in [0.25, 0.3) is 6.08 Å². The van der Waals surface area contributed by atoms with E-state index in [9.17, 15) is 9.59 Å². The van der Waals surface area contributed by atoms with Crippen molar-refractivity contribution in [2.45, 2.75) is 25.3 Å². The largest absolute Gasteiger partial charge is 0.493 e. The van der Waals surface area contributed by atoms with Crippen LogP contribution in [0.15, 0.2) is 60.7 Å². The number of hydrogen-bond donors (Lipinski definition) is 0. The molecule has 2 aliphatic rings. The SMILES string of the molecule is COc1ccccc1OCC(=O)N(CCC(=O)N1CCN(C/C=C/c2ccccc2)CC1)C1CC1. The van der Waals surface area contributed by atoms with Crippen LogP contribution in [0.5, 0.6) is 11.5 Å². The molecule has 0 bridgehead atoms. The predicted molar refractivity (Wildman–Crippen MR) is 136 cm³/mol. The molecular formula is C28H35N3O4. The van der Waals surface area contributed by atoms with Gasteiger partial charge in [-0.3, -0.25) is 14.5 Å². The summed E-state index contributed by atoms with van der Waals surface area (Å²) < 4.78 is 11.0. The van der Waals surface area contributed by atoms with Gasteiger partial charge in [0.05, 0.1) is 7.11 Å². The van der Waals surface area contributed by atoms with E-state index in [1.165, 1.54) is 5.56 Å². The van der Waals surface area contributed by atoms with Gasteiger partial charge in [-0.15, -0.1) is 0 Å². The normalized spacial score (nSPS) is 16.3. The molecule has 2 amide bonds. The minimum atomic E-state index is -0.0822. The average Bonchev–Trinajstić information content (AvgIpc) is 3.74. The predicted octanol–water partition coefficient (Wildman–Crippen LogP) is 3.31. The second kappa shape index (κ2) is 12.4. The lowest BCUT2D eigenvalue weighted by Crippen LogP contribution is -2.49. The van der Waals surface area contributed by atoms with E-state index in [1.54, 1.807) is 19.2 Å². The first kappa shape index (κ1) is 24.8. The lowest BCUT2D eigenvalue weighted by molar-refractivity contribution is -0.136. The van der Waals surface area contributed by atoms with Crippen molar-refractivity contribution >= 4 is 17.9 Å². The summed E-state index contributed by atoms with van der Waals surface area (Å²) in [4.78, 5) is 31.8. The van der Waals surface area contributed by atoms with Crippen LogP contribution >= 0.6 is 0 Å². The maximum atomic E-state index is 12.9. The number of para-hydroxylation sites is 2. The fraction of sp³-hybridized carbons (Fsp3) is 0.429. The number of piperazine rings is 1. The smallest absolute Gasteiger partial charge is 0.260 e. The Morgan fingerprint density at radius 3 is 2.34 bits per heavy atom. The van der Waals surface area contributed by atoms with E-state index in [0.29, 0.717) is 24.5 Å². The van der Waals surface area contributed by atoms with E-state index in [2.05, 4.69) is 29.2 Å². The van der Waals surface area contributed by atoms with Crippen LogP contribution in [0.1, 0.15) is 24.8 Å². The van der Waals surface area contributed by atoms with Crippen LogP contribution in [0.2, 0.25) is 0 Å². The monoisotopic (exact) mass is 477 g/mol. The molecule has 0 spiro atoms. The molecule has 1 saturated carbocycles. The number of hydrogen-bond acceptors (Lipinski definition) is 5. The zero-order chi connectivity index (χ0) is 24.5. The van der Waals surface area contributed by atoms with Crippen LogP contribution in [0.3, 0.4) is 0 Å². The first-order chi connectivity index (χ1) is 17.1. The van der Waals surface area contributed by atoms with Crippen LogP contribution in [-0.2, 0) is 9.59 Å². The van der Waals surface area contributed by atoms with Gasteiger partial charge in [-0.05, 0) is 30.5 Å². The summed E-state index contributed by atoms with van der Waals surface area (Å²) in [5, 5.41) is 0. The molecular weight excluding hydrogens is 442 g/mol. The highest BCUT2D eigenvalue weighted by atomic mass is 16.5. The summed E-state index contributed by atoms with van der Waals surface area (Å²) in [5.74, 6) is 1.18. The second-order valence-corrected chi connectivity index (χ2v) is 9.00. The fourth-order valence-corrected chi connectivity index (χ4v) is 4.31. The van der Waals surface area contributed by atoms with E-state index in [0.717, 1.165) is 45.6 Å². The molecule has 1 aliphatic heterocycles. The Kier molecular flexibility index (Phi) is 8.79. The van der Waals surface area contributed by atoms with E-state index >= 15 is 0 Å². The molecule has 2 aromatic rings. The lowest BCUT2D eigenvalue weighted by atomic mass is 10.2. The van der Waals surface area contributed by atoms with Gasteiger partial charge in [0.15, 0.2) is 18.1 Å².